The molecule has 0 radical (unpaired) electrons. The minimum Gasteiger partial charge on any atom is -0.397 e. The molecule has 0 rings (SSSR count). The summed E-state index contributed by atoms with van der Waals surface area (Å²) >= 11 is 0. The lowest BCUT2D eigenvalue weighted by molar-refractivity contribution is 0.202. The van der Waals surface area contributed by atoms with Crippen LogP contribution in [0.1, 0.15) is 26.7 Å². The summed E-state index contributed by atoms with van der Waals surface area (Å²) < 4.78 is 10.8. The Hall–Kier alpha value is 0.137. The van der Waals surface area contributed by atoms with Crippen LogP contribution in [0, 0.1) is 0 Å². The molecule has 0 aromatic heterocycles. The lowest BCUT2D eigenvalue weighted by Gasteiger charge is -2.10. The van der Waals surface area contributed by atoms with Gasteiger partial charge in [0.05, 0.1) is 0 Å². The van der Waals surface area contributed by atoms with Crippen LogP contribution >= 0.6 is 0 Å². The van der Waals surface area contributed by atoms with Gasteiger partial charge in [-0.15, -0.1) is 0 Å². The van der Waals surface area contributed by atoms with Crippen LogP contribution in [0.2, 0.25) is 6.55 Å². The van der Waals surface area contributed by atoms with Gasteiger partial charge in [-0.05, 0) is 19.4 Å². The Morgan fingerprint density at radius 1 is 1.00 bits per heavy atom. The van der Waals surface area contributed by atoms with Gasteiger partial charge in [0.15, 0.2) is 0 Å². The Labute approximate surface area is 65.4 Å². The Morgan fingerprint density at radius 2 is 1.40 bits per heavy atom. The lowest BCUT2D eigenvalue weighted by Crippen LogP contribution is -2.19. The molecule has 0 aliphatic heterocycles. The number of rotatable bonds is 6. The van der Waals surface area contributed by atoms with Crippen LogP contribution in [0.25, 0.3) is 0 Å². The molecule has 0 saturated carbocycles. The van der Waals surface area contributed by atoms with Crippen molar-refractivity contribution in [2.45, 2.75) is 33.2 Å². The van der Waals surface area contributed by atoms with Gasteiger partial charge in [-0.1, -0.05) is 13.8 Å². The summed E-state index contributed by atoms with van der Waals surface area (Å²) in [6.07, 6.45) is 2.18. The van der Waals surface area contributed by atoms with Crippen molar-refractivity contribution in [3.8, 4) is 0 Å². The summed E-state index contributed by atoms with van der Waals surface area (Å²) in [5.41, 5.74) is 0. The van der Waals surface area contributed by atoms with Gasteiger partial charge in [0, 0.05) is 13.2 Å². The highest BCUT2D eigenvalue weighted by molar-refractivity contribution is 6.42. The molecule has 0 heterocycles. The van der Waals surface area contributed by atoms with Gasteiger partial charge < -0.3 is 8.85 Å². The van der Waals surface area contributed by atoms with Crippen LogP contribution in [0.3, 0.4) is 0 Å². The van der Waals surface area contributed by atoms with E-state index in [0.29, 0.717) is 0 Å². The van der Waals surface area contributed by atoms with Crippen molar-refractivity contribution in [3.63, 3.8) is 0 Å². The summed E-state index contributed by atoms with van der Waals surface area (Å²) in [5.74, 6) is 0. The third-order valence-corrected chi connectivity index (χ3v) is 2.52. The minimum absolute atomic E-state index is 0.858. The van der Waals surface area contributed by atoms with E-state index in [1.165, 1.54) is 0 Å². The summed E-state index contributed by atoms with van der Waals surface area (Å²) in [6, 6.07) is 0. The van der Waals surface area contributed by atoms with Crippen LogP contribution in [0.4, 0.5) is 0 Å². The third kappa shape index (κ3) is 6.26. The normalized spacial score (nSPS) is 10.8. The quantitative estimate of drug-likeness (QED) is 0.553. The smallest absolute Gasteiger partial charge is 0.318 e. The maximum Gasteiger partial charge on any atom is 0.318 e. The van der Waals surface area contributed by atoms with Crippen molar-refractivity contribution in [1.82, 2.24) is 0 Å². The van der Waals surface area contributed by atoms with E-state index in [1.807, 2.05) is 0 Å². The third-order valence-electron chi connectivity index (χ3n) is 1.11. The summed E-state index contributed by atoms with van der Waals surface area (Å²) in [6.45, 7) is 8.02. The Kier molecular flexibility index (Phi) is 7.35. The first-order valence-corrected chi connectivity index (χ1v) is 6.14. The highest BCUT2D eigenvalue weighted by Gasteiger charge is 2.02. The molecule has 0 N–H and O–H groups in total. The molecule has 10 heavy (non-hydrogen) atoms. The van der Waals surface area contributed by atoms with Gasteiger partial charge in [0.25, 0.3) is 0 Å². The molecule has 3 heteroatoms. The average molecular weight is 162 g/mol. The fourth-order valence-electron chi connectivity index (χ4n) is 0.616. The standard InChI is InChI=1S/C7H18O2Si/c1-4-6-8-10(3)9-7-5-2/h10H,4-7H2,1-3H3. The molecule has 0 atom stereocenters. The Morgan fingerprint density at radius 3 is 1.70 bits per heavy atom. The molecule has 2 nitrogen and oxygen atoms in total. The van der Waals surface area contributed by atoms with E-state index in [2.05, 4.69) is 20.4 Å². The Balaban J connectivity index is 3.00. The minimum atomic E-state index is -1.24. The van der Waals surface area contributed by atoms with Gasteiger partial charge in [-0.2, -0.15) is 0 Å². The predicted octanol–water partition coefficient (Wildman–Crippen LogP) is 1.69. The molecule has 0 bridgehead atoms. The van der Waals surface area contributed by atoms with E-state index in [0.717, 1.165) is 26.1 Å². The van der Waals surface area contributed by atoms with Crippen molar-refractivity contribution in [2.75, 3.05) is 13.2 Å². The lowest BCUT2D eigenvalue weighted by atomic mass is 10.5. The summed E-state index contributed by atoms with van der Waals surface area (Å²) in [5, 5.41) is 0. The van der Waals surface area contributed by atoms with E-state index in [4.69, 9.17) is 8.85 Å². The van der Waals surface area contributed by atoms with E-state index in [1.54, 1.807) is 0 Å². The van der Waals surface area contributed by atoms with E-state index < -0.39 is 9.28 Å². The first-order valence-electron chi connectivity index (χ1n) is 4.04. The maximum absolute atomic E-state index is 5.41. The molecule has 0 aromatic rings. The first kappa shape index (κ1) is 10.1. The van der Waals surface area contributed by atoms with Crippen LogP contribution in [0.15, 0.2) is 0 Å². The summed E-state index contributed by atoms with van der Waals surface area (Å²) in [7, 11) is -1.24. The molecule has 0 unspecified atom stereocenters. The van der Waals surface area contributed by atoms with Crippen molar-refractivity contribution in [3.05, 3.63) is 0 Å². The second kappa shape index (κ2) is 7.25. The van der Waals surface area contributed by atoms with Crippen molar-refractivity contribution in [1.29, 1.82) is 0 Å². The summed E-state index contributed by atoms with van der Waals surface area (Å²) in [4.78, 5) is 0. The average Bonchev–Trinajstić information content (AvgIpc) is 1.97. The highest BCUT2D eigenvalue weighted by atomic mass is 28.3. The fourth-order valence-corrected chi connectivity index (χ4v) is 1.85. The molecule has 0 aliphatic carbocycles. The molecule has 0 aromatic carbocycles. The van der Waals surface area contributed by atoms with Crippen molar-refractivity contribution < 1.29 is 8.85 Å². The number of hydrogen-bond donors (Lipinski definition) is 0. The molecule has 0 fully saturated rings. The highest BCUT2D eigenvalue weighted by Crippen LogP contribution is 1.91. The van der Waals surface area contributed by atoms with Gasteiger partial charge in [-0.25, -0.2) is 0 Å². The largest absolute Gasteiger partial charge is 0.397 e. The number of hydrogen-bond acceptors (Lipinski definition) is 2. The fraction of sp³-hybridized carbons (Fsp3) is 1.00. The topological polar surface area (TPSA) is 18.5 Å². The van der Waals surface area contributed by atoms with Gasteiger partial charge in [-0.3, -0.25) is 0 Å². The molecule has 0 saturated heterocycles. The van der Waals surface area contributed by atoms with Crippen molar-refractivity contribution in [2.24, 2.45) is 0 Å². The van der Waals surface area contributed by atoms with Gasteiger partial charge in [0.1, 0.15) is 0 Å². The van der Waals surface area contributed by atoms with E-state index in [9.17, 15) is 0 Å². The second-order valence-electron chi connectivity index (χ2n) is 2.31. The maximum atomic E-state index is 5.41. The second-order valence-corrected chi connectivity index (χ2v) is 4.11. The van der Waals surface area contributed by atoms with Gasteiger partial charge in [0.2, 0.25) is 0 Å². The van der Waals surface area contributed by atoms with Gasteiger partial charge >= 0.3 is 9.28 Å². The Bertz CT molecular complexity index is 60.6. The molecular weight excluding hydrogens is 144 g/mol. The molecule has 0 amide bonds. The van der Waals surface area contributed by atoms with Crippen LogP contribution in [-0.2, 0) is 8.85 Å². The predicted molar refractivity (Wildman–Crippen MR) is 45.5 cm³/mol. The SMILES string of the molecule is CCCO[SiH](C)OCCC. The molecular formula is C7H18O2Si. The van der Waals surface area contributed by atoms with Crippen LogP contribution in [-0.4, -0.2) is 22.5 Å². The molecule has 0 spiro atoms. The first-order chi connectivity index (χ1) is 4.81. The molecule has 0 aliphatic rings. The molecule has 62 valence electrons. The monoisotopic (exact) mass is 162 g/mol. The van der Waals surface area contributed by atoms with Crippen LogP contribution < -0.4 is 0 Å². The zero-order chi connectivity index (χ0) is 7.82. The van der Waals surface area contributed by atoms with Crippen LogP contribution in [0.5, 0.6) is 0 Å². The van der Waals surface area contributed by atoms with E-state index in [-0.39, 0.29) is 0 Å². The van der Waals surface area contributed by atoms with E-state index >= 15 is 0 Å². The zero-order valence-electron chi connectivity index (χ0n) is 7.22. The zero-order valence-corrected chi connectivity index (χ0v) is 8.38. The van der Waals surface area contributed by atoms with Crippen molar-refractivity contribution >= 4 is 9.28 Å².